The Kier molecular flexibility index (Phi) is 8.30. The predicted octanol–water partition coefficient (Wildman–Crippen LogP) is 2.41. The van der Waals surface area contributed by atoms with E-state index in [1.54, 1.807) is 12.2 Å². The Morgan fingerprint density at radius 2 is 2.14 bits per heavy atom. The molecule has 0 saturated heterocycles. The normalized spacial score (nSPS) is 26.7. The quantitative estimate of drug-likeness (QED) is 0.247. The zero-order valence-electron chi connectivity index (χ0n) is 13.0. The largest absolute Gasteiger partial charge is 0.481 e. The zero-order chi connectivity index (χ0) is 16.5. The van der Waals surface area contributed by atoms with Gasteiger partial charge in [0.05, 0.1) is 6.10 Å². The number of rotatable bonds is 10. The Bertz CT molecular complexity index is 388. The number of carbonyl (C=O) groups excluding carboxylic acids is 1. The fourth-order valence-electron chi connectivity index (χ4n) is 2.91. The molecule has 0 aromatic rings. The number of aliphatic hydroxyl groups is 1. The fraction of sp³-hybridized carbons (Fsp3) is 0.750. The maximum absolute atomic E-state index is 12.0. The van der Waals surface area contributed by atoms with Gasteiger partial charge in [-0.1, -0.05) is 31.9 Å². The minimum atomic E-state index is -0.803. The van der Waals surface area contributed by atoms with Gasteiger partial charge in [0, 0.05) is 24.7 Å². The monoisotopic (exact) mass is 314 g/mol. The lowest BCUT2D eigenvalue weighted by atomic mass is 9.88. The van der Waals surface area contributed by atoms with E-state index in [1.165, 1.54) is 0 Å². The predicted molar refractivity (Wildman–Crippen MR) is 80.3 cm³/mol. The number of Topliss-reactive ketones (excluding diaryl/α,β-unsaturated/α-hetero) is 1. The molecular weight excluding hydrogens is 288 g/mol. The smallest absolute Gasteiger partial charge is 0.303 e. The van der Waals surface area contributed by atoms with Crippen LogP contribution in [0.5, 0.6) is 0 Å². The van der Waals surface area contributed by atoms with Crippen LogP contribution in [0.3, 0.4) is 0 Å². The van der Waals surface area contributed by atoms with Crippen molar-refractivity contribution in [2.75, 3.05) is 0 Å². The number of ketones is 1. The van der Waals surface area contributed by atoms with Crippen LogP contribution in [0.15, 0.2) is 12.2 Å². The van der Waals surface area contributed by atoms with Crippen LogP contribution in [-0.2, 0) is 14.5 Å². The van der Waals surface area contributed by atoms with Crippen molar-refractivity contribution >= 4 is 11.8 Å². The molecule has 3 N–H and O–H groups in total. The van der Waals surface area contributed by atoms with Gasteiger partial charge in [-0.15, -0.1) is 0 Å². The summed E-state index contributed by atoms with van der Waals surface area (Å²) in [6, 6.07) is 0. The zero-order valence-corrected chi connectivity index (χ0v) is 13.0. The van der Waals surface area contributed by atoms with Gasteiger partial charge in [-0.3, -0.25) is 14.8 Å². The first-order chi connectivity index (χ1) is 10.5. The number of carbonyl (C=O) groups is 2. The van der Waals surface area contributed by atoms with Crippen LogP contribution < -0.4 is 0 Å². The second-order valence-corrected chi connectivity index (χ2v) is 5.85. The Labute approximate surface area is 130 Å². The molecule has 0 aromatic heterocycles. The number of carboxylic acids is 1. The summed E-state index contributed by atoms with van der Waals surface area (Å²) in [4.78, 5) is 26.7. The summed E-state index contributed by atoms with van der Waals surface area (Å²) < 4.78 is 0. The summed E-state index contributed by atoms with van der Waals surface area (Å²) >= 11 is 0. The van der Waals surface area contributed by atoms with Gasteiger partial charge in [-0.2, -0.15) is 0 Å². The lowest BCUT2D eigenvalue weighted by Gasteiger charge is -2.18. The number of carboxylic acid groups (broad SMARTS) is 1. The summed E-state index contributed by atoms with van der Waals surface area (Å²) in [7, 11) is 0. The third kappa shape index (κ3) is 5.87. The number of hydrogen-bond acceptors (Lipinski definition) is 5. The minimum Gasteiger partial charge on any atom is -0.481 e. The highest BCUT2D eigenvalue weighted by atomic mass is 17.1. The van der Waals surface area contributed by atoms with E-state index >= 15 is 0 Å². The van der Waals surface area contributed by atoms with Gasteiger partial charge < -0.3 is 10.2 Å². The molecule has 0 aliphatic heterocycles. The topological polar surface area (TPSA) is 104 Å². The highest BCUT2D eigenvalue weighted by Crippen LogP contribution is 2.34. The second-order valence-electron chi connectivity index (χ2n) is 5.85. The molecule has 1 fully saturated rings. The van der Waals surface area contributed by atoms with Gasteiger partial charge in [-0.25, -0.2) is 4.89 Å². The van der Waals surface area contributed by atoms with Crippen molar-refractivity contribution in [1.82, 2.24) is 0 Å². The molecule has 0 amide bonds. The molecule has 0 heterocycles. The van der Waals surface area contributed by atoms with E-state index < -0.39 is 18.2 Å². The maximum atomic E-state index is 12.0. The molecule has 4 atom stereocenters. The van der Waals surface area contributed by atoms with Crippen LogP contribution in [0.1, 0.15) is 51.9 Å². The number of aliphatic carboxylic acids is 1. The van der Waals surface area contributed by atoms with Gasteiger partial charge in [0.25, 0.3) is 0 Å². The molecule has 1 saturated carbocycles. The second kappa shape index (κ2) is 9.71. The van der Waals surface area contributed by atoms with Gasteiger partial charge in [0.15, 0.2) is 0 Å². The standard InChI is InChI=1S/C16H26O6/c1-2-11(22-21)8-9-13-12(14(17)10-15(13)18)6-4-3-5-7-16(19)20/h8-9,11-13,15,18,21H,2-7,10H2,1H3,(H,19,20)/b9-8+/t11?,12-,13-,15-/m1/s1. The van der Waals surface area contributed by atoms with Crippen molar-refractivity contribution in [3.8, 4) is 0 Å². The Hall–Kier alpha value is -1.24. The van der Waals surface area contributed by atoms with E-state index in [0.29, 0.717) is 19.3 Å². The Morgan fingerprint density at radius 1 is 1.41 bits per heavy atom. The molecular formula is C16H26O6. The van der Waals surface area contributed by atoms with Crippen molar-refractivity contribution in [2.45, 2.75) is 64.1 Å². The summed E-state index contributed by atoms with van der Waals surface area (Å²) in [5, 5.41) is 27.3. The Morgan fingerprint density at radius 3 is 2.73 bits per heavy atom. The number of hydrogen-bond donors (Lipinski definition) is 3. The van der Waals surface area contributed by atoms with Crippen molar-refractivity contribution in [1.29, 1.82) is 0 Å². The first-order valence-electron chi connectivity index (χ1n) is 7.90. The number of unbranched alkanes of at least 4 members (excludes halogenated alkanes) is 2. The summed E-state index contributed by atoms with van der Waals surface area (Å²) in [6.45, 7) is 1.86. The van der Waals surface area contributed by atoms with Crippen molar-refractivity contribution in [2.24, 2.45) is 11.8 Å². The highest BCUT2D eigenvalue weighted by molar-refractivity contribution is 5.84. The van der Waals surface area contributed by atoms with Crippen LogP contribution in [0.2, 0.25) is 0 Å². The van der Waals surface area contributed by atoms with Crippen LogP contribution >= 0.6 is 0 Å². The molecule has 6 heteroatoms. The van der Waals surface area contributed by atoms with E-state index in [-0.39, 0.29) is 30.5 Å². The molecule has 0 radical (unpaired) electrons. The first-order valence-corrected chi connectivity index (χ1v) is 7.90. The van der Waals surface area contributed by atoms with Gasteiger partial charge in [0.1, 0.15) is 11.9 Å². The van der Waals surface area contributed by atoms with Gasteiger partial charge >= 0.3 is 5.97 Å². The molecule has 1 aliphatic carbocycles. The van der Waals surface area contributed by atoms with Crippen LogP contribution in [-0.4, -0.2) is 39.4 Å². The van der Waals surface area contributed by atoms with Gasteiger partial charge in [0.2, 0.25) is 0 Å². The molecule has 1 unspecified atom stereocenters. The fourth-order valence-corrected chi connectivity index (χ4v) is 2.91. The third-order valence-corrected chi connectivity index (χ3v) is 4.22. The molecule has 0 aromatic carbocycles. The Balaban J connectivity index is 2.50. The molecule has 22 heavy (non-hydrogen) atoms. The van der Waals surface area contributed by atoms with Crippen LogP contribution in [0.25, 0.3) is 0 Å². The van der Waals surface area contributed by atoms with Crippen molar-refractivity contribution < 1.29 is 29.9 Å². The lowest BCUT2D eigenvalue weighted by molar-refractivity contribution is -0.266. The maximum Gasteiger partial charge on any atom is 0.303 e. The van der Waals surface area contributed by atoms with Crippen LogP contribution in [0.4, 0.5) is 0 Å². The highest BCUT2D eigenvalue weighted by Gasteiger charge is 2.39. The van der Waals surface area contributed by atoms with Gasteiger partial charge in [-0.05, 0) is 19.3 Å². The SMILES string of the molecule is CCC(/C=C/[C@H]1[C@H](O)CC(=O)[C@@H]1CCCCCC(=O)O)OO. The van der Waals surface area contributed by atoms with Crippen molar-refractivity contribution in [3.05, 3.63) is 12.2 Å². The molecule has 6 nitrogen and oxygen atoms in total. The van der Waals surface area contributed by atoms with E-state index in [2.05, 4.69) is 4.89 Å². The molecule has 1 aliphatic rings. The molecule has 1 rings (SSSR count). The summed E-state index contributed by atoms with van der Waals surface area (Å²) in [6.07, 6.45) is 6.03. The molecule has 0 bridgehead atoms. The first kappa shape index (κ1) is 18.8. The summed E-state index contributed by atoms with van der Waals surface area (Å²) in [5.41, 5.74) is 0. The van der Waals surface area contributed by atoms with E-state index in [0.717, 1.165) is 12.8 Å². The average molecular weight is 314 g/mol. The number of aliphatic hydroxyl groups excluding tert-OH is 1. The molecule has 0 spiro atoms. The molecule has 126 valence electrons. The minimum absolute atomic E-state index is 0.0540. The van der Waals surface area contributed by atoms with E-state index in [1.807, 2.05) is 6.92 Å². The van der Waals surface area contributed by atoms with E-state index in [9.17, 15) is 14.7 Å². The lowest BCUT2D eigenvalue weighted by Crippen LogP contribution is -2.19. The van der Waals surface area contributed by atoms with E-state index in [4.69, 9.17) is 10.4 Å². The average Bonchev–Trinajstić information content (AvgIpc) is 2.74. The summed E-state index contributed by atoms with van der Waals surface area (Å²) in [5.74, 6) is -1.23. The van der Waals surface area contributed by atoms with Crippen molar-refractivity contribution in [3.63, 3.8) is 0 Å². The third-order valence-electron chi connectivity index (χ3n) is 4.22. The van der Waals surface area contributed by atoms with Crippen LogP contribution in [0, 0.1) is 11.8 Å².